The summed E-state index contributed by atoms with van der Waals surface area (Å²) in [6.07, 6.45) is -4.70. The lowest BCUT2D eigenvalue weighted by atomic mass is 10.0. The number of aromatic carboxylic acids is 1. The van der Waals surface area contributed by atoms with Crippen LogP contribution in [-0.2, 0) is 16.2 Å². The maximum Gasteiger partial charge on any atom is 0.416 e. The van der Waals surface area contributed by atoms with Gasteiger partial charge in [0.2, 0.25) is 0 Å². The minimum Gasteiger partial charge on any atom is -0.495 e. The standard InChI is InChI=1S/C21H16F3NO5S/c1-30-18-10-7-14(20(26)27)11-19(18)31(28,29)25-17-12-15(21(22,23)24)8-9-16(17)13-5-3-2-4-6-13/h2-12,25H,1H3,(H,26,27). The summed E-state index contributed by atoms with van der Waals surface area (Å²) in [7, 11) is -3.32. The maximum absolute atomic E-state index is 13.3. The van der Waals surface area contributed by atoms with Gasteiger partial charge in [0, 0.05) is 5.56 Å². The van der Waals surface area contributed by atoms with E-state index in [1.807, 2.05) is 0 Å². The van der Waals surface area contributed by atoms with Gasteiger partial charge in [0.15, 0.2) is 0 Å². The van der Waals surface area contributed by atoms with Gasteiger partial charge >= 0.3 is 12.1 Å². The zero-order valence-electron chi connectivity index (χ0n) is 16.0. The van der Waals surface area contributed by atoms with Gasteiger partial charge in [-0.3, -0.25) is 4.72 Å². The number of hydrogen-bond acceptors (Lipinski definition) is 4. The van der Waals surface area contributed by atoms with Crippen molar-refractivity contribution in [1.29, 1.82) is 0 Å². The number of carbonyl (C=O) groups is 1. The van der Waals surface area contributed by atoms with E-state index in [9.17, 15) is 26.4 Å². The molecule has 0 saturated carbocycles. The number of sulfonamides is 1. The minimum absolute atomic E-state index is 0.161. The van der Waals surface area contributed by atoms with E-state index < -0.39 is 32.6 Å². The fraction of sp³-hybridized carbons (Fsp3) is 0.0952. The number of benzene rings is 3. The van der Waals surface area contributed by atoms with E-state index in [0.29, 0.717) is 11.6 Å². The summed E-state index contributed by atoms with van der Waals surface area (Å²) in [4.78, 5) is 10.7. The van der Waals surface area contributed by atoms with Crippen LogP contribution >= 0.6 is 0 Å². The zero-order valence-corrected chi connectivity index (χ0v) is 16.8. The van der Waals surface area contributed by atoms with Crippen LogP contribution in [0.1, 0.15) is 15.9 Å². The van der Waals surface area contributed by atoms with Crippen molar-refractivity contribution in [3.05, 3.63) is 77.9 Å². The molecule has 0 amide bonds. The molecule has 0 aliphatic rings. The Kier molecular flexibility index (Phi) is 5.94. The number of ether oxygens (including phenoxy) is 1. The van der Waals surface area contributed by atoms with Crippen LogP contribution in [0.15, 0.2) is 71.6 Å². The number of methoxy groups -OCH3 is 1. The van der Waals surface area contributed by atoms with Crippen LogP contribution in [0.2, 0.25) is 0 Å². The van der Waals surface area contributed by atoms with Crippen molar-refractivity contribution in [2.45, 2.75) is 11.1 Å². The summed E-state index contributed by atoms with van der Waals surface area (Å²) in [6.45, 7) is 0. The second-order valence-corrected chi connectivity index (χ2v) is 8.05. The van der Waals surface area contributed by atoms with Crippen LogP contribution in [-0.4, -0.2) is 26.6 Å². The number of nitrogens with one attached hydrogen (secondary N) is 1. The number of rotatable bonds is 6. The average molecular weight is 451 g/mol. The van der Waals surface area contributed by atoms with Gasteiger partial charge in [-0.15, -0.1) is 0 Å². The molecule has 10 heteroatoms. The second-order valence-electron chi connectivity index (χ2n) is 6.40. The largest absolute Gasteiger partial charge is 0.495 e. The van der Waals surface area contributed by atoms with Crippen molar-refractivity contribution in [3.63, 3.8) is 0 Å². The molecule has 6 nitrogen and oxygen atoms in total. The molecule has 3 rings (SSSR count). The van der Waals surface area contributed by atoms with Crippen LogP contribution in [0, 0.1) is 0 Å². The Bertz CT molecular complexity index is 1230. The van der Waals surface area contributed by atoms with E-state index in [1.54, 1.807) is 30.3 Å². The number of hydrogen-bond donors (Lipinski definition) is 2. The first-order valence-electron chi connectivity index (χ1n) is 8.74. The molecule has 0 aliphatic carbocycles. The third kappa shape index (κ3) is 4.80. The Labute approximate surface area is 176 Å². The molecule has 0 heterocycles. The SMILES string of the molecule is COc1ccc(C(=O)O)cc1S(=O)(=O)Nc1cc(C(F)(F)F)ccc1-c1ccccc1. The fourth-order valence-corrected chi connectivity index (χ4v) is 4.16. The highest BCUT2D eigenvalue weighted by molar-refractivity contribution is 7.92. The predicted octanol–water partition coefficient (Wildman–Crippen LogP) is 4.88. The summed E-state index contributed by atoms with van der Waals surface area (Å²) < 4.78 is 73.0. The Balaban J connectivity index is 2.17. The van der Waals surface area contributed by atoms with Crippen LogP contribution in [0.25, 0.3) is 11.1 Å². The summed E-state index contributed by atoms with van der Waals surface area (Å²) in [5.74, 6) is -1.53. The number of anilines is 1. The quantitative estimate of drug-likeness (QED) is 0.557. The molecule has 2 N–H and O–H groups in total. The summed E-state index contributed by atoms with van der Waals surface area (Å²) >= 11 is 0. The minimum atomic E-state index is -4.70. The number of halogens is 3. The van der Waals surface area contributed by atoms with Gasteiger partial charge < -0.3 is 9.84 Å². The molecule has 3 aromatic carbocycles. The Morgan fingerprint density at radius 3 is 2.26 bits per heavy atom. The molecule has 3 aromatic rings. The van der Waals surface area contributed by atoms with E-state index >= 15 is 0 Å². The van der Waals surface area contributed by atoms with Crippen molar-refractivity contribution in [2.75, 3.05) is 11.8 Å². The molecule has 0 bridgehead atoms. The van der Waals surface area contributed by atoms with E-state index in [1.165, 1.54) is 13.2 Å². The first-order valence-corrected chi connectivity index (χ1v) is 10.2. The average Bonchev–Trinajstić information content (AvgIpc) is 2.73. The lowest BCUT2D eigenvalue weighted by molar-refractivity contribution is -0.137. The van der Waals surface area contributed by atoms with E-state index in [2.05, 4.69) is 4.72 Å². The summed E-state index contributed by atoms with van der Waals surface area (Å²) in [6, 6.07) is 14.1. The molecule has 0 spiro atoms. The topological polar surface area (TPSA) is 92.7 Å². The van der Waals surface area contributed by atoms with Crippen LogP contribution in [0.3, 0.4) is 0 Å². The molecule has 0 radical (unpaired) electrons. The molecule has 31 heavy (non-hydrogen) atoms. The Morgan fingerprint density at radius 1 is 1.00 bits per heavy atom. The second kappa shape index (κ2) is 8.31. The van der Waals surface area contributed by atoms with Crippen LogP contribution < -0.4 is 9.46 Å². The van der Waals surface area contributed by atoms with E-state index in [-0.39, 0.29) is 22.6 Å². The van der Waals surface area contributed by atoms with Gasteiger partial charge in [0.05, 0.1) is 23.9 Å². The smallest absolute Gasteiger partial charge is 0.416 e. The van der Waals surface area contributed by atoms with Gasteiger partial charge in [-0.1, -0.05) is 36.4 Å². The highest BCUT2D eigenvalue weighted by Gasteiger charge is 2.32. The van der Waals surface area contributed by atoms with E-state index in [0.717, 1.165) is 24.3 Å². The fourth-order valence-electron chi connectivity index (χ4n) is 2.89. The normalized spacial score (nSPS) is 11.7. The van der Waals surface area contributed by atoms with Crippen molar-refractivity contribution in [1.82, 2.24) is 0 Å². The summed E-state index contributed by atoms with van der Waals surface area (Å²) in [5.41, 5.74) is -0.987. The third-order valence-electron chi connectivity index (χ3n) is 4.38. The molecule has 0 saturated heterocycles. The highest BCUT2D eigenvalue weighted by atomic mass is 32.2. The number of carboxylic acids is 1. The third-order valence-corrected chi connectivity index (χ3v) is 5.76. The number of carboxylic acid groups (broad SMARTS) is 1. The van der Waals surface area contributed by atoms with Crippen molar-refractivity contribution >= 4 is 21.7 Å². The highest BCUT2D eigenvalue weighted by Crippen LogP contribution is 2.37. The van der Waals surface area contributed by atoms with Gasteiger partial charge in [-0.2, -0.15) is 13.2 Å². The maximum atomic E-state index is 13.3. The molecular formula is C21H16F3NO5S. The summed E-state index contributed by atoms with van der Waals surface area (Å²) in [5, 5.41) is 9.17. The lowest BCUT2D eigenvalue weighted by Gasteiger charge is -2.17. The monoisotopic (exact) mass is 451 g/mol. The molecule has 162 valence electrons. The Morgan fingerprint density at radius 2 is 1.68 bits per heavy atom. The predicted molar refractivity (Wildman–Crippen MR) is 108 cm³/mol. The molecular weight excluding hydrogens is 435 g/mol. The van der Waals surface area contributed by atoms with Crippen molar-refractivity contribution in [2.24, 2.45) is 0 Å². The van der Waals surface area contributed by atoms with Crippen LogP contribution in [0.5, 0.6) is 5.75 Å². The first kappa shape index (κ1) is 22.2. The van der Waals surface area contributed by atoms with Crippen molar-refractivity contribution < 1.29 is 36.2 Å². The molecule has 0 unspecified atom stereocenters. The van der Waals surface area contributed by atoms with Gasteiger partial charge in [-0.25, -0.2) is 13.2 Å². The number of alkyl halides is 3. The van der Waals surface area contributed by atoms with Gasteiger partial charge in [-0.05, 0) is 35.9 Å². The molecule has 0 aliphatic heterocycles. The lowest BCUT2D eigenvalue weighted by Crippen LogP contribution is -2.16. The van der Waals surface area contributed by atoms with E-state index in [4.69, 9.17) is 9.84 Å². The first-order chi connectivity index (χ1) is 14.5. The molecule has 0 aromatic heterocycles. The van der Waals surface area contributed by atoms with Gasteiger partial charge in [0.1, 0.15) is 10.6 Å². The van der Waals surface area contributed by atoms with Crippen molar-refractivity contribution in [3.8, 4) is 16.9 Å². The molecule has 0 fully saturated rings. The van der Waals surface area contributed by atoms with Crippen LogP contribution in [0.4, 0.5) is 18.9 Å². The Hall–Kier alpha value is -3.53. The molecule has 0 atom stereocenters. The van der Waals surface area contributed by atoms with Gasteiger partial charge in [0.25, 0.3) is 10.0 Å². The zero-order chi connectivity index (χ0) is 22.8.